The molecule has 2 aromatic heterocycles. The number of hydrogen-bond donors (Lipinski definition) is 2. The number of halogens is 4. The number of amides is 1. The number of nitrogens with one attached hydrogen (secondary N) is 1. The Labute approximate surface area is 215 Å². The molecule has 0 saturated carbocycles. The minimum Gasteiger partial charge on any atom is -0.396 e. The monoisotopic (exact) mass is 534 g/mol. The molecule has 0 aliphatic rings. The number of carbonyl (C=O) groups is 2. The van der Waals surface area contributed by atoms with Gasteiger partial charge in [-0.15, -0.1) is 0 Å². The van der Waals surface area contributed by atoms with Gasteiger partial charge in [0.2, 0.25) is 5.76 Å². The van der Waals surface area contributed by atoms with Crippen LogP contribution < -0.4 is 5.32 Å². The van der Waals surface area contributed by atoms with E-state index in [1.807, 2.05) is 0 Å². The first-order valence-corrected chi connectivity index (χ1v) is 11.5. The van der Waals surface area contributed by atoms with Gasteiger partial charge in [0.15, 0.2) is 5.78 Å². The maximum Gasteiger partial charge on any atom is 0.416 e. The summed E-state index contributed by atoms with van der Waals surface area (Å²) in [6.45, 7) is 3.00. The molecule has 0 spiro atoms. The van der Waals surface area contributed by atoms with E-state index < -0.39 is 29.3 Å². The lowest BCUT2D eigenvalue weighted by atomic mass is 9.99. The van der Waals surface area contributed by atoms with Crippen molar-refractivity contribution in [3.05, 3.63) is 69.6 Å². The van der Waals surface area contributed by atoms with Crippen LogP contribution >= 0.6 is 11.6 Å². The van der Waals surface area contributed by atoms with Gasteiger partial charge in [0.25, 0.3) is 5.91 Å². The molecule has 12 heteroatoms. The van der Waals surface area contributed by atoms with Crippen LogP contribution in [0.15, 0.2) is 35.1 Å². The molecular weight excluding hydrogens is 513 g/mol. The van der Waals surface area contributed by atoms with Gasteiger partial charge in [0.05, 0.1) is 11.3 Å². The van der Waals surface area contributed by atoms with Gasteiger partial charge < -0.3 is 14.9 Å². The summed E-state index contributed by atoms with van der Waals surface area (Å²) in [4.78, 5) is 33.2. The number of unbranched alkanes of at least 4 members (excludes halogenated alkanes) is 1. The number of carbonyl (C=O) groups excluding carboxylic acids is 2. The normalized spacial score (nSPS) is 12.0. The predicted octanol–water partition coefficient (Wildman–Crippen LogP) is 5.20. The number of ketones is 1. The highest BCUT2D eigenvalue weighted by atomic mass is 35.5. The molecule has 3 rings (SSSR count). The van der Waals surface area contributed by atoms with Crippen LogP contribution in [0.3, 0.4) is 0 Å². The zero-order valence-electron chi connectivity index (χ0n) is 19.8. The highest BCUT2D eigenvalue weighted by Gasteiger charge is 2.32. The van der Waals surface area contributed by atoms with E-state index >= 15 is 0 Å². The number of rotatable bonds is 8. The topological polar surface area (TPSA) is 118 Å². The summed E-state index contributed by atoms with van der Waals surface area (Å²) < 4.78 is 44.5. The maximum atomic E-state index is 13.1. The molecular formula is C25H22ClF3N4O4. The van der Waals surface area contributed by atoms with Crippen LogP contribution in [0, 0.1) is 18.8 Å². The molecule has 1 atom stereocenters. The molecule has 0 saturated heterocycles. The highest BCUT2D eigenvalue weighted by Crippen LogP contribution is 2.33. The van der Waals surface area contributed by atoms with Crippen LogP contribution in [-0.2, 0) is 6.18 Å². The third-order valence-electron chi connectivity index (χ3n) is 5.27. The Balaban J connectivity index is 1.68. The summed E-state index contributed by atoms with van der Waals surface area (Å²) in [6, 6.07) is 4.74. The molecule has 0 fully saturated rings. The van der Waals surface area contributed by atoms with Crippen LogP contribution in [0.4, 0.5) is 18.9 Å². The van der Waals surface area contributed by atoms with Crippen LogP contribution in [0.25, 0.3) is 0 Å². The van der Waals surface area contributed by atoms with Gasteiger partial charge in [0.1, 0.15) is 22.7 Å². The molecule has 1 amide bonds. The van der Waals surface area contributed by atoms with Crippen molar-refractivity contribution in [2.45, 2.75) is 45.2 Å². The predicted molar refractivity (Wildman–Crippen MR) is 128 cm³/mol. The molecule has 1 aromatic carbocycles. The van der Waals surface area contributed by atoms with Crippen LogP contribution in [0.1, 0.15) is 75.7 Å². The fourth-order valence-corrected chi connectivity index (χ4v) is 3.52. The van der Waals surface area contributed by atoms with E-state index in [9.17, 15) is 22.8 Å². The summed E-state index contributed by atoms with van der Waals surface area (Å²) in [5.74, 6) is 3.62. The molecule has 8 nitrogen and oxygen atoms in total. The zero-order valence-corrected chi connectivity index (χ0v) is 20.6. The lowest BCUT2D eigenvalue weighted by Crippen LogP contribution is -2.13. The Bertz CT molecular complexity index is 1360. The van der Waals surface area contributed by atoms with Gasteiger partial charge in [0, 0.05) is 37.1 Å². The summed E-state index contributed by atoms with van der Waals surface area (Å²) in [5.41, 5.74) is -0.439. The number of hydrogen-bond acceptors (Lipinski definition) is 7. The third kappa shape index (κ3) is 7.15. The van der Waals surface area contributed by atoms with Crippen molar-refractivity contribution < 1.29 is 32.4 Å². The van der Waals surface area contributed by atoms with Gasteiger partial charge >= 0.3 is 6.18 Å². The van der Waals surface area contributed by atoms with Crippen molar-refractivity contribution in [2.24, 2.45) is 0 Å². The van der Waals surface area contributed by atoms with Crippen molar-refractivity contribution in [1.29, 1.82) is 0 Å². The van der Waals surface area contributed by atoms with E-state index in [1.165, 1.54) is 31.5 Å². The number of nitrogens with zero attached hydrogens (tertiary/aromatic N) is 3. The standard InChI is InChI=1S/C25H22ClF3N4O4/c1-14-7-8-16(11-17(14)25(27,28)29)32-24(36)21-12-19(33-37-21)15(2)10-20(35)23-22(26)18(30-13-31-23)6-4-3-5-9-34/h7-8,11-13,15,34H,3,5,9-10H2,1-2H3,(H,32,36)/t15-/m1/s1. The SMILES string of the molecule is Cc1ccc(NC(=O)c2cc([C@H](C)CC(=O)c3ncnc(C#CCCCO)c3Cl)no2)cc1C(F)(F)F. The lowest BCUT2D eigenvalue weighted by Gasteiger charge is -2.12. The fraction of sp³-hybridized carbons (Fsp3) is 0.320. The van der Waals surface area contributed by atoms with Gasteiger partial charge in [-0.1, -0.05) is 35.7 Å². The molecule has 37 heavy (non-hydrogen) atoms. The van der Waals surface area contributed by atoms with Crippen molar-refractivity contribution in [3.8, 4) is 11.8 Å². The van der Waals surface area contributed by atoms with Crippen molar-refractivity contribution in [2.75, 3.05) is 11.9 Å². The molecule has 2 N–H and O–H groups in total. The fourth-order valence-electron chi connectivity index (χ4n) is 3.27. The Hall–Kier alpha value is -3.75. The minimum absolute atomic E-state index is 0.00414. The number of aryl methyl sites for hydroxylation is 1. The molecule has 0 radical (unpaired) electrons. The van der Waals surface area contributed by atoms with Crippen LogP contribution in [0.5, 0.6) is 0 Å². The van der Waals surface area contributed by atoms with E-state index in [4.69, 9.17) is 21.2 Å². The second kappa shape index (κ2) is 12.0. The Morgan fingerprint density at radius 3 is 2.70 bits per heavy atom. The molecule has 0 unspecified atom stereocenters. The quantitative estimate of drug-likeness (QED) is 0.232. The summed E-state index contributed by atoms with van der Waals surface area (Å²) in [7, 11) is 0. The van der Waals surface area contributed by atoms with Crippen molar-refractivity contribution in [3.63, 3.8) is 0 Å². The Morgan fingerprint density at radius 1 is 1.24 bits per heavy atom. The van der Waals surface area contributed by atoms with E-state index in [1.54, 1.807) is 6.92 Å². The average molecular weight is 535 g/mol. The number of aliphatic hydroxyl groups excluding tert-OH is 1. The molecule has 194 valence electrons. The third-order valence-corrected chi connectivity index (χ3v) is 5.63. The number of alkyl halides is 3. The molecule has 0 bridgehead atoms. The highest BCUT2D eigenvalue weighted by molar-refractivity contribution is 6.34. The summed E-state index contributed by atoms with van der Waals surface area (Å²) in [5, 5.41) is 15.0. The van der Waals surface area contributed by atoms with Crippen LogP contribution in [-0.4, -0.2) is 38.5 Å². The first-order chi connectivity index (χ1) is 17.5. The lowest BCUT2D eigenvalue weighted by molar-refractivity contribution is -0.138. The smallest absolute Gasteiger partial charge is 0.396 e. The number of Topliss-reactive ketones (excluding diaryl/α,β-unsaturated/α-hetero) is 1. The summed E-state index contributed by atoms with van der Waals surface area (Å²) in [6.07, 6.45) is -2.53. The van der Waals surface area contributed by atoms with E-state index in [0.29, 0.717) is 12.8 Å². The van der Waals surface area contributed by atoms with E-state index in [-0.39, 0.29) is 52.1 Å². The van der Waals surface area contributed by atoms with E-state index in [0.717, 1.165) is 6.07 Å². The summed E-state index contributed by atoms with van der Waals surface area (Å²) >= 11 is 6.26. The van der Waals surface area contributed by atoms with Crippen molar-refractivity contribution >= 4 is 29.0 Å². The Kier molecular flexibility index (Phi) is 9.02. The minimum atomic E-state index is -4.56. The van der Waals surface area contributed by atoms with Gasteiger partial charge in [-0.25, -0.2) is 9.97 Å². The second-order valence-electron chi connectivity index (χ2n) is 8.14. The number of anilines is 1. The largest absolute Gasteiger partial charge is 0.416 e. The Morgan fingerprint density at radius 2 is 2.00 bits per heavy atom. The van der Waals surface area contributed by atoms with Crippen LogP contribution in [0.2, 0.25) is 5.02 Å². The number of aromatic nitrogens is 3. The van der Waals surface area contributed by atoms with Gasteiger partial charge in [-0.05, 0) is 37.0 Å². The van der Waals surface area contributed by atoms with E-state index in [2.05, 4.69) is 32.3 Å². The van der Waals surface area contributed by atoms with Gasteiger partial charge in [-0.3, -0.25) is 9.59 Å². The van der Waals surface area contributed by atoms with Crippen molar-refractivity contribution in [1.82, 2.24) is 15.1 Å². The second-order valence-corrected chi connectivity index (χ2v) is 8.52. The molecule has 0 aliphatic heterocycles. The first-order valence-electron chi connectivity index (χ1n) is 11.1. The molecule has 0 aliphatic carbocycles. The first kappa shape index (κ1) is 27.8. The molecule has 3 aromatic rings. The molecule has 2 heterocycles. The maximum absolute atomic E-state index is 13.1. The average Bonchev–Trinajstić information content (AvgIpc) is 3.34. The number of aliphatic hydroxyl groups is 1. The zero-order chi connectivity index (χ0) is 27.2. The number of benzene rings is 1. The van der Waals surface area contributed by atoms with Gasteiger partial charge in [-0.2, -0.15) is 13.2 Å².